The van der Waals surface area contributed by atoms with E-state index in [1.165, 1.54) is 18.2 Å². The summed E-state index contributed by atoms with van der Waals surface area (Å²) in [5.74, 6) is -0.558. The molecule has 1 N–H and O–H groups in total. The van der Waals surface area contributed by atoms with Crippen LogP contribution in [0.5, 0.6) is 0 Å². The molecule has 0 bridgehead atoms. The zero-order chi connectivity index (χ0) is 15.6. The average molecular weight is 306 g/mol. The molecule has 0 aliphatic rings. The highest BCUT2D eigenvalue weighted by atomic mass is 35.5. The molecule has 108 valence electrons. The number of benzene rings is 1. The molecular formula is C14H12ClN3O3. The van der Waals surface area contributed by atoms with Crippen LogP contribution < -0.4 is 5.32 Å². The van der Waals surface area contributed by atoms with E-state index in [-0.39, 0.29) is 11.3 Å². The molecule has 1 heterocycles. The average Bonchev–Trinajstić information content (AvgIpc) is 2.41. The lowest BCUT2D eigenvalue weighted by atomic mass is 10.1. The molecule has 2 aromatic rings. The topological polar surface area (TPSA) is 85.1 Å². The van der Waals surface area contributed by atoms with Gasteiger partial charge in [0.05, 0.1) is 16.3 Å². The summed E-state index contributed by atoms with van der Waals surface area (Å²) < 4.78 is 0. The van der Waals surface area contributed by atoms with E-state index in [1.807, 2.05) is 0 Å². The van der Waals surface area contributed by atoms with Crippen molar-refractivity contribution in [1.29, 1.82) is 0 Å². The van der Waals surface area contributed by atoms with Gasteiger partial charge in [-0.2, -0.15) is 0 Å². The van der Waals surface area contributed by atoms with Crippen LogP contribution in [0.4, 0.5) is 11.4 Å². The number of nitro groups is 1. The first-order valence-electron chi connectivity index (χ1n) is 6.08. The molecule has 0 unspecified atom stereocenters. The summed E-state index contributed by atoms with van der Waals surface area (Å²) >= 11 is 5.74. The number of rotatable bonds is 3. The van der Waals surface area contributed by atoms with Crippen LogP contribution in [-0.2, 0) is 0 Å². The first kappa shape index (κ1) is 14.9. The molecule has 2 rings (SSSR count). The van der Waals surface area contributed by atoms with Crippen molar-refractivity contribution in [3.63, 3.8) is 0 Å². The molecule has 0 spiro atoms. The van der Waals surface area contributed by atoms with E-state index in [0.29, 0.717) is 16.5 Å². The molecule has 1 amide bonds. The number of amides is 1. The van der Waals surface area contributed by atoms with E-state index in [1.54, 1.807) is 26.0 Å². The van der Waals surface area contributed by atoms with Crippen LogP contribution in [-0.4, -0.2) is 15.8 Å². The van der Waals surface area contributed by atoms with Crippen molar-refractivity contribution in [2.24, 2.45) is 0 Å². The second-order valence-electron chi connectivity index (χ2n) is 4.50. The van der Waals surface area contributed by atoms with Crippen molar-refractivity contribution in [2.75, 3.05) is 5.32 Å². The fraction of sp³-hybridized carbons (Fsp3) is 0.143. The maximum absolute atomic E-state index is 12.3. The summed E-state index contributed by atoms with van der Waals surface area (Å²) in [5, 5.41) is 13.9. The highest BCUT2D eigenvalue weighted by molar-refractivity contribution is 6.29. The minimum Gasteiger partial charge on any atom is -0.320 e. The molecule has 7 heteroatoms. The van der Waals surface area contributed by atoms with Gasteiger partial charge in [-0.3, -0.25) is 14.9 Å². The summed E-state index contributed by atoms with van der Waals surface area (Å²) in [7, 11) is 0. The fourth-order valence-electron chi connectivity index (χ4n) is 1.84. The lowest BCUT2D eigenvalue weighted by molar-refractivity contribution is -0.385. The highest BCUT2D eigenvalue weighted by Gasteiger charge is 2.20. The highest BCUT2D eigenvalue weighted by Crippen LogP contribution is 2.22. The zero-order valence-electron chi connectivity index (χ0n) is 11.4. The van der Waals surface area contributed by atoms with Gasteiger partial charge in [0.1, 0.15) is 10.7 Å². The minimum atomic E-state index is -0.582. The molecule has 1 aromatic heterocycles. The SMILES string of the molecule is Cc1ccc([N+](=O)[O-])c(C(=O)Nc2ccc(Cl)nc2C)c1. The number of nitro benzene ring substituents is 1. The van der Waals surface area contributed by atoms with Crippen LogP contribution in [0.1, 0.15) is 21.6 Å². The van der Waals surface area contributed by atoms with Gasteiger partial charge < -0.3 is 5.32 Å². The van der Waals surface area contributed by atoms with Crippen LogP contribution in [0.25, 0.3) is 0 Å². The van der Waals surface area contributed by atoms with Gasteiger partial charge in [-0.15, -0.1) is 0 Å². The number of carbonyl (C=O) groups is 1. The van der Waals surface area contributed by atoms with Gasteiger partial charge in [-0.25, -0.2) is 4.98 Å². The minimum absolute atomic E-state index is 0.00866. The number of aromatic nitrogens is 1. The number of aryl methyl sites for hydroxylation is 2. The van der Waals surface area contributed by atoms with Crippen LogP contribution in [0.2, 0.25) is 5.15 Å². The molecule has 0 fully saturated rings. The van der Waals surface area contributed by atoms with Gasteiger partial charge in [-0.1, -0.05) is 17.7 Å². The van der Waals surface area contributed by atoms with E-state index in [9.17, 15) is 14.9 Å². The maximum Gasteiger partial charge on any atom is 0.282 e. The Balaban J connectivity index is 2.36. The van der Waals surface area contributed by atoms with Crippen molar-refractivity contribution < 1.29 is 9.72 Å². The van der Waals surface area contributed by atoms with Crippen molar-refractivity contribution in [3.8, 4) is 0 Å². The zero-order valence-corrected chi connectivity index (χ0v) is 12.1. The predicted octanol–water partition coefficient (Wildman–Crippen LogP) is 3.51. The monoisotopic (exact) mass is 305 g/mol. The Morgan fingerprint density at radius 1 is 1.29 bits per heavy atom. The second kappa shape index (κ2) is 5.88. The number of carbonyl (C=O) groups excluding carboxylic acids is 1. The third-order valence-electron chi connectivity index (χ3n) is 2.89. The van der Waals surface area contributed by atoms with Crippen LogP contribution >= 0.6 is 11.6 Å². The number of nitrogens with one attached hydrogen (secondary N) is 1. The molecular weight excluding hydrogens is 294 g/mol. The molecule has 0 saturated heterocycles. The summed E-state index contributed by atoms with van der Waals surface area (Å²) in [5.41, 5.74) is 1.52. The summed E-state index contributed by atoms with van der Waals surface area (Å²) in [6.07, 6.45) is 0. The third-order valence-corrected chi connectivity index (χ3v) is 3.10. The number of halogens is 1. The Morgan fingerprint density at radius 3 is 2.62 bits per heavy atom. The van der Waals surface area contributed by atoms with Gasteiger partial charge >= 0.3 is 0 Å². The van der Waals surface area contributed by atoms with E-state index in [4.69, 9.17) is 11.6 Å². The maximum atomic E-state index is 12.3. The predicted molar refractivity (Wildman–Crippen MR) is 79.8 cm³/mol. The molecule has 0 radical (unpaired) electrons. The van der Waals surface area contributed by atoms with Gasteiger partial charge in [0.2, 0.25) is 0 Å². The molecule has 0 saturated carbocycles. The second-order valence-corrected chi connectivity index (χ2v) is 4.89. The van der Waals surface area contributed by atoms with Gasteiger partial charge in [-0.05, 0) is 37.6 Å². The number of hydrogen-bond donors (Lipinski definition) is 1. The molecule has 6 nitrogen and oxygen atoms in total. The normalized spacial score (nSPS) is 10.2. The third kappa shape index (κ3) is 3.35. The molecule has 0 atom stereocenters. The Bertz CT molecular complexity index is 731. The fourth-order valence-corrected chi connectivity index (χ4v) is 2.03. The smallest absolute Gasteiger partial charge is 0.282 e. The lowest BCUT2D eigenvalue weighted by Crippen LogP contribution is -2.15. The molecule has 0 aliphatic heterocycles. The summed E-state index contributed by atoms with van der Waals surface area (Å²) in [6, 6.07) is 7.52. The molecule has 0 aliphatic carbocycles. The van der Waals surface area contributed by atoms with Gasteiger partial charge in [0.15, 0.2) is 0 Å². The Morgan fingerprint density at radius 2 is 2.00 bits per heavy atom. The van der Waals surface area contributed by atoms with Gasteiger partial charge in [0, 0.05) is 6.07 Å². The largest absolute Gasteiger partial charge is 0.320 e. The van der Waals surface area contributed by atoms with Crippen molar-refractivity contribution in [1.82, 2.24) is 4.98 Å². The van der Waals surface area contributed by atoms with E-state index >= 15 is 0 Å². The van der Waals surface area contributed by atoms with E-state index < -0.39 is 10.8 Å². The van der Waals surface area contributed by atoms with Crippen molar-refractivity contribution in [3.05, 3.63) is 62.4 Å². The lowest BCUT2D eigenvalue weighted by Gasteiger charge is -2.08. The Kier molecular flexibility index (Phi) is 4.18. The summed E-state index contributed by atoms with van der Waals surface area (Å²) in [6.45, 7) is 3.45. The first-order valence-corrected chi connectivity index (χ1v) is 6.46. The first-order chi connectivity index (χ1) is 9.88. The van der Waals surface area contributed by atoms with E-state index in [0.717, 1.165) is 5.56 Å². The van der Waals surface area contributed by atoms with Crippen molar-refractivity contribution >= 4 is 28.9 Å². The quantitative estimate of drug-likeness (QED) is 0.534. The molecule has 1 aromatic carbocycles. The molecule has 21 heavy (non-hydrogen) atoms. The van der Waals surface area contributed by atoms with Gasteiger partial charge in [0.25, 0.3) is 11.6 Å². The van der Waals surface area contributed by atoms with Crippen LogP contribution in [0, 0.1) is 24.0 Å². The Labute approximate surface area is 125 Å². The van der Waals surface area contributed by atoms with Crippen molar-refractivity contribution in [2.45, 2.75) is 13.8 Å². The number of nitrogens with zero attached hydrogens (tertiary/aromatic N) is 2. The standard InChI is InChI=1S/C14H12ClN3O3/c1-8-3-5-12(18(20)21)10(7-8)14(19)17-11-4-6-13(15)16-9(11)2/h3-7H,1-2H3,(H,17,19). The number of pyridine rings is 1. The van der Waals surface area contributed by atoms with E-state index in [2.05, 4.69) is 10.3 Å². The van der Waals surface area contributed by atoms with Crippen LogP contribution in [0.3, 0.4) is 0 Å². The number of hydrogen-bond acceptors (Lipinski definition) is 4. The Hall–Kier alpha value is -2.47. The number of anilines is 1. The summed E-state index contributed by atoms with van der Waals surface area (Å²) in [4.78, 5) is 26.7. The van der Waals surface area contributed by atoms with Crippen LogP contribution in [0.15, 0.2) is 30.3 Å².